The van der Waals surface area contributed by atoms with Gasteiger partial charge in [-0.25, -0.2) is 0 Å². The van der Waals surface area contributed by atoms with E-state index < -0.39 is 0 Å². The Morgan fingerprint density at radius 2 is 1.56 bits per heavy atom. The summed E-state index contributed by atoms with van der Waals surface area (Å²) in [7, 11) is 0. The summed E-state index contributed by atoms with van der Waals surface area (Å²) >= 11 is 0. The molecular weight excluding hydrogens is 398 g/mol. The maximum atomic E-state index is 13.6. The zero-order valence-electron chi connectivity index (χ0n) is 17.4. The van der Waals surface area contributed by atoms with Gasteiger partial charge in [-0.3, -0.25) is 14.8 Å². The maximum absolute atomic E-state index is 13.6. The number of rotatable bonds is 6. The largest absolute Gasteiger partial charge is 0.467 e. The van der Waals surface area contributed by atoms with Crippen molar-refractivity contribution in [1.82, 2.24) is 14.9 Å². The number of furan rings is 1. The molecule has 1 amide bonds. The first kappa shape index (κ1) is 19.7. The van der Waals surface area contributed by atoms with Gasteiger partial charge in [-0.1, -0.05) is 54.6 Å². The van der Waals surface area contributed by atoms with Crippen LogP contribution in [0.25, 0.3) is 22.2 Å². The number of hydrogen-bond acceptors (Lipinski definition) is 4. The molecule has 0 unspecified atom stereocenters. The van der Waals surface area contributed by atoms with E-state index in [2.05, 4.69) is 34.2 Å². The topological polar surface area (TPSA) is 59.2 Å². The van der Waals surface area contributed by atoms with Crippen LogP contribution in [-0.2, 0) is 13.1 Å². The number of carbonyl (C=O) groups is 1. The smallest absolute Gasteiger partial charge is 0.254 e. The second-order valence-electron chi connectivity index (χ2n) is 7.52. The fourth-order valence-electron chi connectivity index (χ4n) is 3.83. The quantitative estimate of drug-likeness (QED) is 0.353. The molecule has 0 aliphatic carbocycles. The first-order chi connectivity index (χ1) is 15.8. The van der Waals surface area contributed by atoms with Crippen molar-refractivity contribution in [3.63, 3.8) is 0 Å². The second-order valence-corrected chi connectivity index (χ2v) is 7.52. The van der Waals surface area contributed by atoms with Crippen molar-refractivity contribution in [3.8, 4) is 11.1 Å². The standard InChI is InChI=1S/C27H21N3O2/c31-27(21-12-13-25-26(17-21)29-15-14-28-25)30(19-23-10-6-16-32-23)18-22-9-4-5-11-24(22)20-7-2-1-3-8-20/h1-17H,18-19H2. The Bertz CT molecular complexity index is 1350. The third-order valence-corrected chi connectivity index (χ3v) is 5.39. The number of carbonyl (C=O) groups excluding carboxylic acids is 1. The van der Waals surface area contributed by atoms with Gasteiger partial charge in [0, 0.05) is 24.5 Å². The molecule has 0 saturated heterocycles. The third kappa shape index (κ3) is 4.14. The summed E-state index contributed by atoms with van der Waals surface area (Å²) in [6, 6.07) is 27.5. The third-order valence-electron chi connectivity index (χ3n) is 5.39. The van der Waals surface area contributed by atoms with Crippen molar-refractivity contribution in [1.29, 1.82) is 0 Å². The molecule has 32 heavy (non-hydrogen) atoms. The molecular formula is C27H21N3O2. The molecule has 2 aromatic heterocycles. The number of nitrogens with zero attached hydrogens (tertiary/aromatic N) is 3. The average molecular weight is 419 g/mol. The van der Waals surface area contributed by atoms with Crippen LogP contribution >= 0.6 is 0 Å². The highest BCUT2D eigenvalue weighted by atomic mass is 16.3. The average Bonchev–Trinajstić information content (AvgIpc) is 3.37. The lowest BCUT2D eigenvalue weighted by Crippen LogP contribution is -2.30. The molecule has 0 saturated carbocycles. The van der Waals surface area contributed by atoms with Crippen LogP contribution in [-0.4, -0.2) is 20.8 Å². The molecule has 0 aliphatic heterocycles. The predicted octanol–water partition coefficient (Wildman–Crippen LogP) is 5.73. The van der Waals surface area contributed by atoms with Crippen LogP contribution in [0.4, 0.5) is 0 Å². The summed E-state index contributed by atoms with van der Waals surface area (Å²) in [5.41, 5.74) is 5.32. The highest BCUT2D eigenvalue weighted by molar-refractivity contribution is 5.97. The van der Waals surface area contributed by atoms with E-state index in [1.807, 2.05) is 48.5 Å². The summed E-state index contributed by atoms with van der Waals surface area (Å²) in [6.45, 7) is 0.816. The van der Waals surface area contributed by atoms with Crippen LogP contribution in [0.2, 0.25) is 0 Å². The molecule has 5 nitrogen and oxygen atoms in total. The molecule has 0 N–H and O–H groups in total. The monoisotopic (exact) mass is 419 g/mol. The molecule has 156 valence electrons. The number of benzene rings is 3. The summed E-state index contributed by atoms with van der Waals surface area (Å²) in [6.07, 6.45) is 4.91. The van der Waals surface area contributed by atoms with E-state index in [4.69, 9.17) is 4.42 Å². The van der Waals surface area contributed by atoms with Crippen LogP contribution in [0.5, 0.6) is 0 Å². The van der Waals surface area contributed by atoms with E-state index in [1.165, 1.54) is 0 Å². The van der Waals surface area contributed by atoms with E-state index in [-0.39, 0.29) is 5.91 Å². The Morgan fingerprint density at radius 1 is 0.781 bits per heavy atom. The van der Waals surface area contributed by atoms with Gasteiger partial charge in [0.25, 0.3) is 5.91 Å². The van der Waals surface area contributed by atoms with Gasteiger partial charge in [-0.2, -0.15) is 0 Å². The minimum atomic E-state index is -0.0863. The van der Waals surface area contributed by atoms with Crippen molar-refractivity contribution in [2.45, 2.75) is 13.1 Å². The minimum Gasteiger partial charge on any atom is -0.467 e. The molecule has 3 aromatic carbocycles. The Balaban J connectivity index is 1.51. The predicted molar refractivity (Wildman–Crippen MR) is 124 cm³/mol. The zero-order chi connectivity index (χ0) is 21.8. The molecule has 5 rings (SSSR count). The lowest BCUT2D eigenvalue weighted by atomic mass is 9.99. The first-order valence-corrected chi connectivity index (χ1v) is 10.4. The van der Waals surface area contributed by atoms with Gasteiger partial charge in [0.2, 0.25) is 0 Å². The molecule has 5 heteroatoms. The van der Waals surface area contributed by atoms with Crippen molar-refractivity contribution < 1.29 is 9.21 Å². The molecule has 0 atom stereocenters. The number of fused-ring (bicyclic) bond motifs is 1. The molecule has 5 aromatic rings. The molecule has 0 aliphatic rings. The van der Waals surface area contributed by atoms with E-state index in [0.717, 1.165) is 28.0 Å². The molecule has 0 fully saturated rings. The lowest BCUT2D eigenvalue weighted by molar-refractivity contribution is 0.0718. The van der Waals surface area contributed by atoms with Crippen molar-refractivity contribution in [2.24, 2.45) is 0 Å². The van der Waals surface area contributed by atoms with Gasteiger partial charge >= 0.3 is 0 Å². The van der Waals surface area contributed by atoms with Crippen LogP contribution in [0.15, 0.2) is 108 Å². The Morgan fingerprint density at radius 3 is 2.38 bits per heavy atom. The van der Waals surface area contributed by atoms with E-state index in [0.29, 0.717) is 24.2 Å². The van der Waals surface area contributed by atoms with Crippen molar-refractivity contribution in [2.75, 3.05) is 0 Å². The summed E-state index contributed by atoms with van der Waals surface area (Å²) in [4.78, 5) is 24.0. The van der Waals surface area contributed by atoms with Crippen LogP contribution in [0, 0.1) is 0 Å². The van der Waals surface area contributed by atoms with Gasteiger partial charge in [0.15, 0.2) is 0 Å². The van der Waals surface area contributed by atoms with Crippen molar-refractivity contribution in [3.05, 3.63) is 120 Å². The summed E-state index contributed by atoms with van der Waals surface area (Å²) < 4.78 is 5.56. The molecule has 0 bridgehead atoms. The van der Waals surface area contributed by atoms with Crippen LogP contribution in [0.1, 0.15) is 21.7 Å². The van der Waals surface area contributed by atoms with Gasteiger partial charge in [0.1, 0.15) is 5.76 Å². The molecule has 2 heterocycles. The molecule has 0 radical (unpaired) electrons. The van der Waals surface area contributed by atoms with Gasteiger partial charge in [-0.05, 0) is 47.0 Å². The van der Waals surface area contributed by atoms with Crippen LogP contribution < -0.4 is 0 Å². The van der Waals surface area contributed by atoms with Gasteiger partial charge in [-0.15, -0.1) is 0 Å². The highest BCUT2D eigenvalue weighted by Crippen LogP contribution is 2.26. The number of amides is 1. The van der Waals surface area contributed by atoms with Crippen molar-refractivity contribution >= 4 is 16.9 Å². The maximum Gasteiger partial charge on any atom is 0.254 e. The Hall–Kier alpha value is -4.25. The van der Waals surface area contributed by atoms with Gasteiger partial charge in [0.05, 0.1) is 23.8 Å². The van der Waals surface area contributed by atoms with Crippen LogP contribution in [0.3, 0.4) is 0 Å². The number of hydrogen-bond donors (Lipinski definition) is 0. The second kappa shape index (κ2) is 8.86. The first-order valence-electron chi connectivity index (χ1n) is 10.4. The van der Waals surface area contributed by atoms with Gasteiger partial charge < -0.3 is 9.32 Å². The normalized spacial score (nSPS) is 10.9. The fourth-order valence-corrected chi connectivity index (χ4v) is 3.83. The highest BCUT2D eigenvalue weighted by Gasteiger charge is 2.20. The Labute approximate surface area is 186 Å². The number of aromatic nitrogens is 2. The lowest BCUT2D eigenvalue weighted by Gasteiger charge is -2.23. The summed E-state index contributed by atoms with van der Waals surface area (Å²) in [5, 5.41) is 0. The van der Waals surface area contributed by atoms with E-state index >= 15 is 0 Å². The van der Waals surface area contributed by atoms with E-state index in [9.17, 15) is 4.79 Å². The van der Waals surface area contributed by atoms with E-state index in [1.54, 1.807) is 35.7 Å². The minimum absolute atomic E-state index is 0.0863. The summed E-state index contributed by atoms with van der Waals surface area (Å²) in [5.74, 6) is 0.646. The zero-order valence-corrected chi connectivity index (χ0v) is 17.4. The fraction of sp³-hybridized carbons (Fsp3) is 0.0741. The molecule has 0 spiro atoms. The Kier molecular flexibility index (Phi) is 5.45. The SMILES string of the molecule is O=C(c1ccc2nccnc2c1)N(Cc1ccco1)Cc1ccccc1-c1ccccc1.